The number of nitrogens with zero attached hydrogens (tertiary/aromatic N) is 1. The van der Waals surface area contributed by atoms with Crippen molar-refractivity contribution in [2.75, 3.05) is 17.7 Å². The van der Waals surface area contributed by atoms with E-state index in [9.17, 15) is 9.59 Å². The minimum Gasteiger partial charge on any atom is -0.494 e. The molecule has 0 radical (unpaired) electrons. The van der Waals surface area contributed by atoms with Crippen molar-refractivity contribution < 1.29 is 9.53 Å². The maximum absolute atomic E-state index is 13.0. The quantitative estimate of drug-likeness (QED) is 0.751. The van der Waals surface area contributed by atoms with Gasteiger partial charge in [-0.1, -0.05) is 43.9 Å². The second-order valence-electron chi connectivity index (χ2n) is 7.43. The molecule has 1 saturated carbocycles. The van der Waals surface area contributed by atoms with Crippen LogP contribution in [0.2, 0.25) is 0 Å². The highest BCUT2D eigenvalue weighted by Crippen LogP contribution is 2.44. The van der Waals surface area contributed by atoms with Crippen LogP contribution in [0, 0.1) is 0 Å². The highest BCUT2D eigenvalue weighted by atomic mass is 32.2. The van der Waals surface area contributed by atoms with Crippen molar-refractivity contribution in [3.05, 3.63) is 45.7 Å². The summed E-state index contributed by atoms with van der Waals surface area (Å²) >= 11 is 1.48. The molecule has 1 aromatic carbocycles. The first-order valence-electron chi connectivity index (χ1n) is 10.2. The molecule has 1 amide bonds. The lowest BCUT2D eigenvalue weighted by Gasteiger charge is -2.20. The van der Waals surface area contributed by atoms with Crippen LogP contribution in [0.4, 0.5) is 5.82 Å². The molecular formula is C21H27N3O3S. The number of aromatic nitrogens is 2. The summed E-state index contributed by atoms with van der Waals surface area (Å²) in [5.41, 5.74) is 1.45. The molecule has 1 aliphatic carbocycles. The number of fused-ring (bicyclic) bond motifs is 1. The third-order valence-corrected chi connectivity index (χ3v) is 6.81. The van der Waals surface area contributed by atoms with Gasteiger partial charge in [0.2, 0.25) is 5.91 Å². The summed E-state index contributed by atoms with van der Waals surface area (Å²) in [5, 5.41) is 5.81. The van der Waals surface area contributed by atoms with Crippen molar-refractivity contribution >= 4 is 23.5 Å². The Labute approximate surface area is 169 Å². The van der Waals surface area contributed by atoms with Crippen LogP contribution < -0.4 is 15.6 Å². The number of carbonyl (C=O) groups is 1. The topological polar surface area (TPSA) is 76.1 Å². The normalized spacial score (nSPS) is 20.8. The third-order valence-electron chi connectivity index (χ3n) is 5.55. The minimum atomic E-state index is -0.243. The number of nitrogens with one attached hydrogen (secondary N) is 2. The highest BCUT2D eigenvalue weighted by molar-refractivity contribution is 8.00. The van der Waals surface area contributed by atoms with Gasteiger partial charge in [0.1, 0.15) is 11.6 Å². The molecule has 1 fully saturated rings. The van der Waals surface area contributed by atoms with Crippen LogP contribution in [-0.2, 0) is 4.79 Å². The van der Waals surface area contributed by atoms with Gasteiger partial charge < -0.3 is 10.1 Å². The minimum absolute atomic E-state index is 0.0657. The van der Waals surface area contributed by atoms with Crippen LogP contribution in [0.3, 0.4) is 0 Å². The summed E-state index contributed by atoms with van der Waals surface area (Å²) in [6, 6.07) is 8.03. The molecule has 0 spiro atoms. The Morgan fingerprint density at radius 2 is 1.89 bits per heavy atom. The largest absolute Gasteiger partial charge is 0.494 e. The maximum atomic E-state index is 13.0. The van der Waals surface area contributed by atoms with E-state index < -0.39 is 0 Å². The second kappa shape index (κ2) is 8.47. The van der Waals surface area contributed by atoms with Gasteiger partial charge in [0.05, 0.1) is 29.2 Å². The third kappa shape index (κ3) is 3.72. The number of para-hydroxylation sites is 1. The molecule has 1 aliphatic heterocycles. The Morgan fingerprint density at radius 1 is 1.14 bits per heavy atom. The monoisotopic (exact) mass is 401 g/mol. The average Bonchev–Trinajstić information content (AvgIpc) is 2.90. The zero-order valence-corrected chi connectivity index (χ0v) is 17.0. The fourth-order valence-corrected chi connectivity index (χ4v) is 5.41. The Hall–Kier alpha value is -2.15. The van der Waals surface area contributed by atoms with E-state index in [2.05, 4.69) is 10.4 Å². The van der Waals surface area contributed by atoms with Gasteiger partial charge in [-0.2, -0.15) is 0 Å². The molecule has 1 atom stereocenters. The Balaban J connectivity index is 1.81. The number of ether oxygens (including phenoxy) is 1. The number of carbonyl (C=O) groups excluding carboxylic acids is 1. The van der Waals surface area contributed by atoms with Gasteiger partial charge >= 0.3 is 0 Å². The van der Waals surface area contributed by atoms with E-state index in [1.807, 2.05) is 35.9 Å². The number of anilines is 1. The molecule has 2 heterocycles. The van der Waals surface area contributed by atoms with Crippen molar-refractivity contribution in [3.63, 3.8) is 0 Å². The van der Waals surface area contributed by atoms with Crippen LogP contribution in [0.1, 0.15) is 67.9 Å². The molecule has 2 aromatic rings. The van der Waals surface area contributed by atoms with Crippen molar-refractivity contribution in [1.82, 2.24) is 9.78 Å². The number of thioether (sulfide) groups is 1. The van der Waals surface area contributed by atoms with E-state index in [0.29, 0.717) is 23.7 Å². The number of aromatic amines is 1. The van der Waals surface area contributed by atoms with Crippen LogP contribution in [0.15, 0.2) is 29.1 Å². The van der Waals surface area contributed by atoms with Gasteiger partial charge in [-0.15, -0.1) is 11.8 Å². The second-order valence-corrected chi connectivity index (χ2v) is 8.52. The lowest BCUT2D eigenvalue weighted by molar-refractivity contribution is -0.113. The first kappa shape index (κ1) is 19.2. The first-order chi connectivity index (χ1) is 13.7. The molecule has 1 aromatic heterocycles. The smallest absolute Gasteiger partial charge is 0.270 e. The van der Waals surface area contributed by atoms with Gasteiger partial charge in [-0.05, 0) is 25.8 Å². The first-order valence-corrected chi connectivity index (χ1v) is 11.2. The fraction of sp³-hybridized carbons (Fsp3) is 0.524. The van der Waals surface area contributed by atoms with Crippen LogP contribution in [-0.4, -0.2) is 28.0 Å². The van der Waals surface area contributed by atoms with Crippen molar-refractivity contribution in [3.8, 4) is 5.75 Å². The number of hydrogen-bond donors (Lipinski definition) is 2. The molecule has 1 unspecified atom stereocenters. The molecule has 0 bridgehead atoms. The van der Waals surface area contributed by atoms with Gasteiger partial charge in [0.15, 0.2) is 0 Å². The van der Waals surface area contributed by atoms with Gasteiger partial charge in [-0.25, -0.2) is 0 Å². The summed E-state index contributed by atoms with van der Waals surface area (Å²) in [4.78, 5) is 25.5. The molecule has 150 valence electrons. The molecule has 7 heteroatoms. The van der Waals surface area contributed by atoms with Gasteiger partial charge in [0.25, 0.3) is 5.56 Å². The molecule has 28 heavy (non-hydrogen) atoms. The lowest BCUT2D eigenvalue weighted by atomic mass is 10.0. The Morgan fingerprint density at radius 3 is 2.64 bits per heavy atom. The molecule has 2 N–H and O–H groups in total. The highest BCUT2D eigenvalue weighted by Gasteiger charge is 2.33. The molecule has 6 nitrogen and oxygen atoms in total. The summed E-state index contributed by atoms with van der Waals surface area (Å²) in [5.74, 6) is 1.65. The zero-order valence-electron chi connectivity index (χ0n) is 16.2. The van der Waals surface area contributed by atoms with Crippen LogP contribution in [0.5, 0.6) is 5.75 Å². The molecule has 0 saturated heterocycles. The summed E-state index contributed by atoms with van der Waals surface area (Å²) in [6.45, 7) is 2.50. The number of amides is 1. The lowest BCUT2D eigenvalue weighted by Crippen LogP contribution is -2.19. The predicted octanol–water partition coefficient (Wildman–Crippen LogP) is 4.25. The van der Waals surface area contributed by atoms with Crippen LogP contribution in [0.25, 0.3) is 0 Å². The summed E-state index contributed by atoms with van der Waals surface area (Å²) < 4.78 is 7.75. The average molecular weight is 402 g/mol. The summed E-state index contributed by atoms with van der Waals surface area (Å²) in [6.07, 6.45) is 6.83. The van der Waals surface area contributed by atoms with E-state index in [0.717, 1.165) is 37.0 Å². The van der Waals surface area contributed by atoms with Crippen molar-refractivity contribution in [2.24, 2.45) is 0 Å². The van der Waals surface area contributed by atoms with E-state index in [1.165, 1.54) is 24.6 Å². The predicted molar refractivity (Wildman–Crippen MR) is 112 cm³/mol. The number of hydrogen-bond acceptors (Lipinski definition) is 4. The Bertz CT molecular complexity index is 897. The molecule has 4 rings (SSSR count). The van der Waals surface area contributed by atoms with Gasteiger partial charge in [-0.3, -0.25) is 19.4 Å². The van der Waals surface area contributed by atoms with Gasteiger partial charge in [0, 0.05) is 5.56 Å². The maximum Gasteiger partial charge on any atom is 0.270 e. The Kier molecular flexibility index (Phi) is 5.80. The number of H-pyrrole nitrogens is 1. The van der Waals surface area contributed by atoms with E-state index in [4.69, 9.17) is 4.74 Å². The molecular weight excluding hydrogens is 374 g/mol. The number of benzene rings is 1. The standard InChI is InChI=1S/C21H27N3O3S/c1-2-27-16-12-8-7-11-15(16)19-18-20(22-17(25)13-28-19)24(23-21(18)26)14-9-5-3-4-6-10-14/h7-8,11-12,14,19H,2-6,9-10,13H2,1H3,(H,22,25)(H,23,26). The van der Waals surface area contributed by atoms with E-state index in [-0.39, 0.29) is 22.8 Å². The van der Waals surface area contributed by atoms with E-state index in [1.54, 1.807) is 0 Å². The summed E-state index contributed by atoms with van der Waals surface area (Å²) in [7, 11) is 0. The molecule has 2 aliphatic rings. The SMILES string of the molecule is CCOc1ccccc1C1SCC(=O)Nc2c1c(=O)[nH]n2C1CCCCCC1. The van der Waals surface area contributed by atoms with Crippen molar-refractivity contribution in [1.29, 1.82) is 0 Å². The number of rotatable bonds is 4. The van der Waals surface area contributed by atoms with Crippen molar-refractivity contribution in [2.45, 2.75) is 56.7 Å². The fourth-order valence-electron chi connectivity index (χ4n) is 4.26. The van der Waals surface area contributed by atoms with E-state index >= 15 is 0 Å². The zero-order chi connectivity index (χ0) is 19.5. The van der Waals surface area contributed by atoms with Crippen LogP contribution >= 0.6 is 11.8 Å².